The molecule has 3 aromatic heterocycles. The fourth-order valence-corrected chi connectivity index (χ4v) is 2.36. The SMILES string of the molecule is Cc1[nH]ncc1CCCn1cncc1-c1ccc(N)nc1. The number of imidazole rings is 1. The van der Waals surface area contributed by atoms with Crippen LogP contribution in [-0.4, -0.2) is 24.7 Å². The van der Waals surface area contributed by atoms with Crippen LogP contribution in [0.1, 0.15) is 17.7 Å². The largest absolute Gasteiger partial charge is 0.384 e. The highest BCUT2D eigenvalue weighted by atomic mass is 15.1. The van der Waals surface area contributed by atoms with Gasteiger partial charge >= 0.3 is 0 Å². The van der Waals surface area contributed by atoms with Crippen LogP contribution >= 0.6 is 0 Å². The van der Waals surface area contributed by atoms with E-state index >= 15 is 0 Å². The average Bonchev–Trinajstić information content (AvgIpc) is 3.10. The minimum absolute atomic E-state index is 0.528. The van der Waals surface area contributed by atoms with Crippen molar-refractivity contribution in [3.05, 3.63) is 48.3 Å². The number of H-pyrrole nitrogens is 1. The number of anilines is 1. The van der Waals surface area contributed by atoms with Crippen LogP contribution < -0.4 is 5.73 Å². The highest BCUT2D eigenvalue weighted by Crippen LogP contribution is 2.19. The molecule has 0 amide bonds. The van der Waals surface area contributed by atoms with Crippen molar-refractivity contribution in [3.63, 3.8) is 0 Å². The first-order valence-corrected chi connectivity index (χ1v) is 6.95. The van der Waals surface area contributed by atoms with Crippen LogP contribution in [0.5, 0.6) is 0 Å². The van der Waals surface area contributed by atoms with Crippen LogP contribution in [-0.2, 0) is 13.0 Å². The lowest BCUT2D eigenvalue weighted by Crippen LogP contribution is -2.01. The smallest absolute Gasteiger partial charge is 0.123 e. The number of nitrogens with one attached hydrogen (secondary N) is 1. The molecule has 21 heavy (non-hydrogen) atoms. The van der Waals surface area contributed by atoms with Crippen LogP contribution in [0.4, 0.5) is 5.82 Å². The van der Waals surface area contributed by atoms with Gasteiger partial charge in [0.2, 0.25) is 0 Å². The number of nitrogens with two attached hydrogens (primary N) is 1. The molecule has 0 fully saturated rings. The van der Waals surface area contributed by atoms with Gasteiger partial charge in [-0.15, -0.1) is 0 Å². The summed E-state index contributed by atoms with van der Waals surface area (Å²) < 4.78 is 2.14. The molecule has 0 atom stereocenters. The molecule has 3 aromatic rings. The molecule has 108 valence electrons. The predicted octanol–water partition coefficient (Wildman–Crippen LogP) is 2.19. The Morgan fingerprint density at radius 3 is 2.86 bits per heavy atom. The summed E-state index contributed by atoms with van der Waals surface area (Å²) in [5.74, 6) is 0.528. The molecular weight excluding hydrogens is 264 g/mol. The molecular formula is C15H18N6. The maximum atomic E-state index is 5.62. The molecule has 0 unspecified atom stereocenters. The van der Waals surface area contributed by atoms with E-state index in [2.05, 4.69) is 24.7 Å². The van der Waals surface area contributed by atoms with Gasteiger partial charge in [-0.25, -0.2) is 9.97 Å². The third-order valence-electron chi connectivity index (χ3n) is 3.57. The Bertz CT molecular complexity index is 710. The maximum absolute atomic E-state index is 5.62. The van der Waals surface area contributed by atoms with Gasteiger partial charge in [0.05, 0.1) is 24.4 Å². The van der Waals surface area contributed by atoms with Gasteiger partial charge in [-0.3, -0.25) is 5.10 Å². The summed E-state index contributed by atoms with van der Waals surface area (Å²) in [6, 6.07) is 3.78. The fourth-order valence-electron chi connectivity index (χ4n) is 2.36. The van der Waals surface area contributed by atoms with Crippen LogP contribution in [0.3, 0.4) is 0 Å². The number of aromatic nitrogens is 5. The van der Waals surface area contributed by atoms with Gasteiger partial charge < -0.3 is 10.3 Å². The minimum Gasteiger partial charge on any atom is -0.384 e. The van der Waals surface area contributed by atoms with Crippen molar-refractivity contribution in [2.24, 2.45) is 0 Å². The number of aromatic amines is 1. The Balaban J connectivity index is 1.68. The normalized spacial score (nSPS) is 10.9. The Morgan fingerprint density at radius 1 is 1.24 bits per heavy atom. The van der Waals surface area contributed by atoms with Crippen LogP contribution in [0.25, 0.3) is 11.3 Å². The Hall–Kier alpha value is -2.63. The second-order valence-corrected chi connectivity index (χ2v) is 5.07. The third kappa shape index (κ3) is 2.94. The van der Waals surface area contributed by atoms with E-state index in [1.165, 1.54) is 5.56 Å². The van der Waals surface area contributed by atoms with Gasteiger partial charge in [0, 0.05) is 24.0 Å². The number of nitrogen functional groups attached to an aromatic ring is 1. The highest BCUT2D eigenvalue weighted by Gasteiger charge is 2.06. The van der Waals surface area contributed by atoms with Crippen molar-refractivity contribution < 1.29 is 0 Å². The fraction of sp³-hybridized carbons (Fsp3) is 0.267. The molecule has 0 aliphatic heterocycles. The monoisotopic (exact) mass is 282 g/mol. The van der Waals surface area contributed by atoms with Crippen molar-refractivity contribution >= 4 is 5.82 Å². The van der Waals surface area contributed by atoms with Gasteiger partial charge in [-0.1, -0.05) is 0 Å². The molecule has 3 N–H and O–H groups in total. The van der Waals surface area contributed by atoms with E-state index in [0.29, 0.717) is 5.82 Å². The van der Waals surface area contributed by atoms with Crippen molar-refractivity contribution in [2.45, 2.75) is 26.3 Å². The molecule has 0 spiro atoms. The molecule has 0 aliphatic carbocycles. The topological polar surface area (TPSA) is 85.4 Å². The number of pyridine rings is 1. The maximum Gasteiger partial charge on any atom is 0.123 e. The summed E-state index contributed by atoms with van der Waals surface area (Å²) in [5, 5.41) is 7.01. The van der Waals surface area contributed by atoms with Gasteiger partial charge in [0.1, 0.15) is 5.82 Å². The molecule has 6 heteroatoms. The zero-order valence-electron chi connectivity index (χ0n) is 12.0. The number of aryl methyl sites for hydroxylation is 3. The van der Waals surface area contributed by atoms with Crippen LogP contribution in [0.15, 0.2) is 37.1 Å². The summed E-state index contributed by atoms with van der Waals surface area (Å²) in [4.78, 5) is 8.37. The highest BCUT2D eigenvalue weighted by molar-refractivity contribution is 5.59. The summed E-state index contributed by atoms with van der Waals surface area (Å²) in [5.41, 5.74) is 10.1. The van der Waals surface area contributed by atoms with E-state index in [-0.39, 0.29) is 0 Å². The number of hydrogen-bond acceptors (Lipinski definition) is 4. The van der Waals surface area contributed by atoms with Crippen molar-refractivity contribution in [2.75, 3.05) is 5.73 Å². The minimum atomic E-state index is 0.528. The van der Waals surface area contributed by atoms with Gasteiger partial charge in [0.25, 0.3) is 0 Å². The van der Waals surface area contributed by atoms with E-state index in [0.717, 1.165) is 36.3 Å². The van der Waals surface area contributed by atoms with E-state index in [1.807, 2.05) is 37.8 Å². The molecule has 0 aromatic carbocycles. The zero-order chi connectivity index (χ0) is 14.7. The third-order valence-corrected chi connectivity index (χ3v) is 3.57. The molecule has 0 aliphatic rings. The number of rotatable bonds is 5. The van der Waals surface area contributed by atoms with Gasteiger partial charge in [-0.2, -0.15) is 5.10 Å². The Labute approximate surface area is 123 Å². The van der Waals surface area contributed by atoms with E-state index < -0.39 is 0 Å². The zero-order valence-corrected chi connectivity index (χ0v) is 12.0. The second-order valence-electron chi connectivity index (χ2n) is 5.07. The van der Waals surface area contributed by atoms with Crippen molar-refractivity contribution in [1.82, 2.24) is 24.7 Å². The molecule has 0 saturated heterocycles. The quantitative estimate of drug-likeness (QED) is 0.751. The molecule has 3 heterocycles. The molecule has 0 saturated carbocycles. The predicted molar refractivity (Wildman–Crippen MR) is 81.5 cm³/mol. The summed E-state index contributed by atoms with van der Waals surface area (Å²) >= 11 is 0. The lowest BCUT2D eigenvalue weighted by Gasteiger charge is -2.08. The first kappa shape index (κ1) is 13.4. The van der Waals surface area contributed by atoms with Crippen LogP contribution in [0, 0.1) is 6.92 Å². The Morgan fingerprint density at radius 2 is 2.14 bits per heavy atom. The van der Waals surface area contributed by atoms with Gasteiger partial charge in [0.15, 0.2) is 0 Å². The lowest BCUT2D eigenvalue weighted by atomic mass is 10.1. The molecule has 0 bridgehead atoms. The number of nitrogens with zero attached hydrogens (tertiary/aromatic N) is 4. The Kier molecular flexibility index (Phi) is 3.68. The molecule has 0 radical (unpaired) electrons. The molecule has 6 nitrogen and oxygen atoms in total. The summed E-state index contributed by atoms with van der Waals surface area (Å²) in [7, 11) is 0. The van der Waals surface area contributed by atoms with Crippen molar-refractivity contribution in [1.29, 1.82) is 0 Å². The molecule has 3 rings (SSSR count). The van der Waals surface area contributed by atoms with E-state index in [1.54, 1.807) is 6.20 Å². The van der Waals surface area contributed by atoms with E-state index in [4.69, 9.17) is 5.73 Å². The van der Waals surface area contributed by atoms with Gasteiger partial charge in [-0.05, 0) is 37.5 Å². The first-order valence-electron chi connectivity index (χ1n) is 6.95. The van der Waals surface area contributed by atoms with E-state index in [9.17, 15) is 0 Å². The average molecular weight is 282 g/mol. The summed E-state index contributed by atoms with van der Waals surface area (Å²) in [6.45, 7) is 2.95. The number of hydrogen-bond donors (Lipinski definition) is 2. The van der Waals surface area contributed by atoms with Crippen LogP contribution in [0.2, 0.25) is 0 Å². The lowest BCUT2D eigenvalue weighted by molar-refractivity contribution is 0.645. The standard InChI is InChI=1S/C15H18N6/c1-11-12(8-19-20-11)3-2-6-21-10-17-9-14(21)13-4-5-15(16)18-7-13/h4-5,7-10H,2-3,6H2,1H3,(H2,16,18)(H,19,20). The second kappa shape index (κ2) is 5.78. The summed E-state index contributed by atoms with van der Waals surface area (Å²) in [6.07, 6.45) is 9.42. The van der Waals surface area contributed by atoms with Crippen molar-refractivity contribution in [3.8, 4) is 11.3 Å². The first-order chi connectivity index (χ1) is 10.2.